The molecule has 2 aromatic carbocycles. The Morgan fingerprint density at radius 3 is 2.48 bits per heavy atom. The van der Waals surface area contributed by atoms with Crippen molar-refractivity contribution in [3.8, 4) is 17.1 Å². The topological polar surface area (TPSA) is 80.6 Å². The summed E-state index contributed by atoms with van der Waals surface area (Å²) in [4.78, 5) is 24.0. The Kier molecular flexibility index (Phi) is 6.63. The molecule has 0 spiro atoms. The molecule has 3 aromatic rings. The molecule has 2 N–H and O–H groups in total. The van der Waals surface area contributed by atoms with E-state index < -0.39 is 17.8 Å². The van der Waals surface area contributed by atoms with Gasteiger partial charge in [0.05, 0.1) is 0 Å². The molecule has 0 aliphatic heterocycles. The largest absolute Gasteiger partial charge is 0.478 e. The van der Waals surface area contributed by atoms with E-state index in [0.717, 1.165) is 11.3 Å². The first-order chi connectivity index (χ1) is 14.0. The number of carbonyl (C=O) groups excluding carboxylic acids is 2. The average molecular weight is 396 g/mol. The zero-order valence-electron chi connectivity index (χ0n) is 15.9. The van der Waals surface area contributed by atoms with Gasteiger partial charge in [-0.15, -0.1) is 0 Å². The van der Waals surface area contributed by atoms with Crippen molar-refractivity contribution in [2.24, 2.45) is 0 Å². The van der Waals surface area contributed by atoms with E-state index >= 15 is 0 Å². The van der Waals surface area contributed by atoms with Gasteiger partial charge in [0.25, 0.3) is 5.91 Å². The lowest BCUT2D eigenvalue weighted by Gasteiger charge is -2.15. The van der Waals surface area contributed by atoms with E-state index in [1.807, 2.05) is 42.5 Å². The fraction of sp³-hybridized carbons (Fsp3) is 0.182. The molecule has 150 valence electrons. The smallest absolute Gasteiger partial charge is 0.279 e. The molecule has 29 heavy (non-hydrogen) atoms. The summed E-state index contributed by atoms with van der Waals surface area (Å²) >= 11 is 0. The zero-order chi connectivity index (χ0) is 20.6. The molecule has 7 heteroatoms. The number of ether oxygens (including phenoxy) is 1. The first-order valence-electron chi connectivity index (χ1n) is 9.17. The van der Waals surface area contributed by atoms with Crippen molar-refractivity contribution in [1.29, 1.82) is 0 Å². The number of furan rings is 1. The van der Waals surface area contributed by atoms with E-state index in [2.05, 4.69) is 10.9 Å². The molecule has 0 saturated carbocycles. The number of hydrogen-bond acceptors (Lipinski definition) is 4. The predicted molar refractivity (Wildman–Crippen MR) is 105 cm³/mol. The highest BCUT2D eigenvalue weighted by Gasteiger charge is 2.17. The number of aryl methyl sites for hydroxylation is 1. The van der Waals surface area contributed by atoms with E-state index in [4.69, 9.17) is 9.15 Å². The van der Waals surface area contributed by atoms with Crippen LogP contribution in [0, 0.1) is 5.82 Å². The minimum atomic E-state index is -0.981. The first-order valence-corrected chi connectivity index (χ1v) is 9.17. The van der Waals surface area contributed by atoms with Crippen LogP contribution in [0.3, 0.4) is 0 Å². The van der Waals surface area contributed by atoms with Gasteiger partial charge in [-0.1, -0.05) is 42.5 Å². The van der Waals surface area contributed by atoms with Crippen molar-refractivity contribution >= 4 is 11.8 Å². The van der Waals surface area contributed by atoms with E-state index in [1.54, 1.807) is 6.07 Å². The fourth-order valence-electron chi connectivity index (χ4n) is 2.59. The van der Waals surface area contributed by atoms with Crippen LogP contribution < -0.4 is 15.6 Å². The number of amides is 2. The van der Waals surface area contributed by atoms with Crippen LogP contribution in [0.1, 0.15) is 19.1 Å². The summed E-state index contributed by atoms with van der Waals surface area (Å²) in [5.41, 5.74) is 5.55. The number of halogens is 1. The van der Waals surface area contributed by atoms with Crippen molar-refractivity contribution in [3.63, 3.8) is 0 Å². The Morgan fingerprint density at radius 1 is 1.00 bits per heavy atom. The van der Waals surface area contributed by atoms with Gasteiger partial charge in [0, 0.05) is 18.4 Å². The van der Waals surface area contributed by atoms with Crippen molar-refractivity contribution in [2.75, 3.05) is 0 Å². The molecule has 1 aromatic heterocycles. The maximum atomic E-state index is 13.6. The molecule has 0 radical (unpaired) electrons. The summed E-state index contributed by atoms with van der Waals surface area (Å²) in [6.45, 7) is 1.46. The number of benzene rings is 2. The van der Waals surface area contributed by atoms with Gasteiger partial charge in [-0.2, -0.15) is 0 Å². The molecule has 0 fully saturated rings. The third-order valence-electron chi connectivity index (χ3n) is 4.15. The Labute approximate surface area is 167 Å². The molecule has 0 aliphatic carbocycles. The second-order valence-corrected chi connectivity index (χ2v) is 6.36. The Hall–Kier alpha value is -3.61. The lowest BCUT2D eigenvalue weighted by molar-refractivity contribution is -0.132. The minimum Gasteiger partial charge on any atom is -0.478 e. The second kappa shape index (κ2) is 9.54. The van der Waals surface area contributed by atoms with Crippen molar-refractivity contribution in [2.45, 2.75) is 25.9 Å². The summed E-state index contributed by atoms with van der Waals surface area (Å²) in [5.74, 6) is -0.173. The van der Waals surface area contributed by atoms with Gasteiger partial charge in [-0.3, -0.25) is 20.4 Å². The van der Waals surface area contributed by atoms with Crippen molar-refractivity contribution in [3.05, 3.63) is 78.3 Å². The SMILES string of the molecule is C[C@@H](Oc1ccccc1F)C(=O)NNC(=O)CCc1ccc(-c2ccccc2)o1. The Balaban J connectivity index is 1.42. The minimum absolute atomic E-state index is 0.0338. The quantitative estimate of drug-likeness (QED) is 0.598. The summed E-state index contributed by atoms with van der Waals surface area (Å²) in [7, 11) is 0. The van der Waals surface area contributed by atoms with Crippen LogP contribution in [0.4, 0.5) is 4.39 Å². The van der Waals surface area contributed by atoms with Crippen molar-refractivity contribution in [1.82, 2.24) is 10.9 Å². The van der Waals surface area contributed by atoms with Crippen LogP contribution in [0.2, 0.25) is 0 Å². The highest BCUT2D eigenvalue weighted by Crippen LogP contribution is 2.22. The van der Waals surface area contributed by atoms with Crippen molar-refractivity contribution < 1.29 is 23.1 Å². The van der Waals surface area contributed by atoms with E-state index in [-0.39, 0.29) is 18.1 Å². The number of hydrogen-bond donors (Lipinski definition) is 2. The molecular weight excluding hydrogens is 375 g/mol. The van der Waals surface area contributed by atoms with Gasteiger partial charge in [0.1, 0.15) is 11.5 Å². The summed E-state index contributed by atoms with van der Waals surface area (Å²) in [5, 5.41) is 0. The molecule has 1 atom stereocenters. The highest BCUT2D eigenvalue weighted by molar-refractivity contribution is 5.84. The van der Waals surface area contributed by atoms with Crippen LogP contribution in [0.15, 0.2) is 71.1 Å². The predicted octanol–water partition coefficient (Wildman–Crippen LogP) is 3.63. The van der Waals surface area contributed by atoms with E-state index in [9.17, 15) is 14.0 Å². The maximum absolute atomic E-state index is 13.6. The number of carbonyl (C=O) groups is 2. The van der Waals surface area contributed by atoms with E-state index in [1.165, 1.54) is 25.1 Å². The average Bonchev–Trinajstić information content (AvgIpc) is 3.22. The second-order valence-electron chi connectivity index (χ2n) is 6.36. The Bertz CT molecular complexity index is 972. The molecule has 6 nitrogen and oxygen atoms in total. The number of hydrazine groups is 1. The fourth-order valence-corrected chi connectivity index (χ4v) is 2.59. The first kappa shape index (κ1) is 20.1. The molecular formula is C22H21FN2O4. The maximum Gasteiger partial charge on any atom is 0.279 e. The third-order valence-corrected chi connectivity index (χ3v) is 4.15. The van der Waals surface area contributed by atoms with Gasteiger partial charge in [-0.25, -0.2) is 4.39 Å². The van der Waals surface area contributed by atoms with Crippen LogP contribution >= 0.6 is 0 Å². The van der Waals surface area contributed by atoms with Crippen LogP contribution in [0.5, 0.6) is 5.75 Å². The van der Waals surface area contributed by atoms with Crippen LogP contribution in [0.25, 0.3) is 11.3 Å². The summed E-state index contributed by atoms with van der Waals surface area (Å²) in [6.07, 6.45) is -0.467. The molecule has 0 unspecified atom stereocenters. The van der Waals surface area contributed by atoms with Gasteiger partial charge >= 0.3 is 0 Å². The van der Waals surface area contributed by atoms with Crippen LogP contribution in [-0.2, 0) is 16.0 Å². The monoisotopic (exact) mass is 396 g/mol. The normalized spacial score (nSPS) is 11.5. The third kappa shape index (κ3) is 5.68. The molecule has 1 heterocycles. The number of para-hydroxylation sites is 1. The molecule has 2 amide bonds. The highest BCUT2D eigenvalue weighted by atomic mass is 19.1. The number of nitrogens with one attached hydrogen (secondary N) is 2. The van der Waals surface area contributed by atoms with Gasteiger partial charge < -0.3 is 9.15 Å². The van der Waals surface area contributed by atoms with Gasteiger partial charge in [0.2, 0.25) is 5.91 Å². The molecule has 0 aliphatic rings. The standard InChI is InChI=1S/C22H21FN2O4/c1-15(28-20-10-6-5-9-18(20)23)22(27)25-24-21(26)14-12-17-11-13-19(29-17)16-7-3-2-4-8-16/h2-11,13,15H,12,14H2,1H3,(H,24,26)(H,25,27)/t15-/m1/s1. The van der Waals surface area contributed by atoms with Gasteiger partial charge in [-0.05, 0) is 31.2 Å². The molecule has 3 rings (SSSR count). The Morgan fingerprint density at radius 2 is 1.72 bits per heavy atom. The molecule has 0 bridgehead atoms. The van der Waals surface area contributed by atoms with E-state index in [0.29, 0.717) is 12.2 Å². The lowest BCUT2D eigenvalue weighted by atomic mass is 10.2. The summed E-state index contributed by atoms with van der Waals surface area (Å²) < 4.78 is 24.6. The summed E-state index contributed by atoms with van der Waals surface area (Å²) in [6, 6.07) is 19.1. The lowest BCUT2D eigenvalue weighted by Crippen LogP contribution is -2.47. The zero-order valence-corrected chi connectivity index (χ0v) is 15.9. The van der Waals surface area contributed by atoms with Gasteiger partial charge in [0.15, 0.2) is 17.7 Å². The van der Waals surface area contributed by atoms with Crippen LogP contribution in [-0.4, -0.2) is 17.9 Å². The molecule has 0 saturated heterocycles. The number of rotatable bonds is 7.